The van der Waals surface area contributed by atoms with E-state index >= 15 is 0 Å². The summed E-state index contributed by atoms with van der Waals surface area (Å²) in [6.45, 7) is 7.62. The van der Waals surface area contributed by atoms with Gasteiger partial charge < -0.3 is 9.64 Å². The SMILES string of the molecule is CC(C)(C)OC(=O)N1CC[C@@H](Cn2ncc3c(-c4ccc(C#N)cc4)c(Cl)ncc32)C1. The third-order valence-electron chi connectivity index (χ3n) is 5.33. The Balaban J connectivity index is 1.55. The molecule has 8 heteroatoms. The van der Waals surface area contributed by atoms with Crippen molar-refractivity contribution in [3.05, 3.63) is 47.4 Å². The molecule has 0 unspecified atom stereocenters. The number of amides is 1. The first-order valence-electron chi connectivity index (χ1n) is 10.2. The molecule has 4 rings (SSSR count). The standard InChI is InChI=1S/C23H24ClN5O2/c1-23(2,3)31-22(30)28-9-8-16(13-28)14-29-19-12-26-21(24)20(18(19)11-27-29)17-6-4-15(10-25)5-7-17/h4-7,11-12,16H,8-9,13-14H2,1-3H3/t16-/m1/s1. The molecular formula is C23H24ClN5O2. The third kappa shape index (κ3) is 4.49. The zero-order chi connectivity index (χ0) is 22.2. The quantitative estimate of drug-likeness (QED) is 0.545. The van der Waals surface area contributed by atoms with Crippen LogP contribution < -0.4 is 0 Å². The smallest absolute Gasteiger partial charge is 0.410 e. The number of hydrogen-bond donors (Lipinski definition) is 0. The molecule has 31 heavy (non-hydrogen) atoms. The van der Waals surface area contributed by atoms with E-state index in [-0.39, 0.29) is 12.0 Å². The number of aromatic nitrogens is 3. The zero-order valence-electron chi connectivity index (χ0n) is 17.8. The highest BCUT2D eigenvalue weighted by molar-refractivity contribution is 6.33. The van der Waals surface area contributed by atoms with Gasteiger partial charge >= 0.3 is 6.09 Å². The first kappa shape index (κ1) is 21.1. The van der Waals surface area contributed by atoms with Crippen molar-refractivity contribution in [2.75, 3.05) is 13.1 Å². The number of rotatable bonds is 3. The maximum Gasteiger partial charge on any atom is 0.410 e. The molecular weight excluding hydrogens is 414 g/mol. The number of carbonyl (C=O) groups excluding carboxylic acids is 1. The van der Waals surface area contributed by atoms with Gasteiger partial charge in [0.25, 0.3) is 0 Å². The Morgan fingerprint density at radius 1 is 1.29 bits per heavy atom. The molecule has 160 valence electrons. The van der Waals surface area contributed by atoms with Crippen LogP contribution in [0.2, 0.25) is 5.15 Å². The fourth-order valence-corrected chi connectivity index (χ4v) is 4.13. The maximum atomic E-state index is 12.3. The summed E-state index contributed by atoms with van der Waals surface area (Å²) < 4.78 is 7.42. The second-order valence-electron chi connectivity index (χ2n) is 8.82. The molecule has 1 aliphatic heterocycles. The molecule has 1 fully saturated rings. The van der Waals surface area contributed by atoms with Crippen LogP contribution in [0, 0.1) is 17.2 Å². The maximum absolute atomic E-state index is 12.3. The number of ether oxygens (including phenoxy) is 1. The Morgan fingerprint density at radius 2 is 2.03 bits per heavy atom. The number of benzene rings is 1. The zero-order valence-corrected chi connectivity index (χ0v) is 18.6. The lowest BCUT2D eigenvalue weighted by atomic mass is 10.0. The average molecular weight is 438 g/mol. The molecule has 2 aromatic heterocycles. The van der Waals surface area contributed by atoms with Crippen LogP contribution in [-0.2, 0) is 11.3 Å². The van der Waals surface area contributed by atoms with Crippen LogP contribution in [0.3, 0.4) is 0 Å². The summed E-state index contributed by atoms with van der Waals surface area (Å²) in [6, 6.07) is 9.39. The van der Waals surface area contributed by atoms with Gasteiger partial charge in [0.2, 0.25) is 0 Å². The monoisotopic (exact) mass is 437 g/mol. The van der Waals surface area contributed by atoms with Crippen LogP contribution in [0.25, 0.3) is 22.0 Å². The van der Waals surface area contributed by atoms with Gasteiger partial charge in [0.15, 0.2) is 0 Å². The highest BCUT2D eigenvalue weighted by Crippen LogP contribution is 2.34. The first-order valence-corrected chi connectivity index (χ1v) is 10.6. The Bertz CT molecular complexity index is 1160. The summed E-state index contributed by atoms with van der Waals surface area (Å²) in [7, 11) is 0. The molecule has 0 aliphatic carbocycles. The summed E-state index contributed by atoms with van der Waals surface area (Å²) in [4.78, 5) is 18.5. The molecule has 0 saturated carbocycles. The van der Waals surface area contributed by atoms with Crippen molar-refractivity contribution in [1.29, 1.82) is 5.26 Å². The van der Waals surface area contributed by atoms with Crippen molar-refractivity contribution in [3.8, 4) is 17.2 Å². The van der Waals surface area contributed by atoms with E-state index in [1.165, 1.54) is 0 Å². The Labute approximate surface area is 186 Å². The second-order valence-corrected chi connectivity index (χ2v) is 9.18. The fraction of sp³-hybridized carbons (Fsp3) is 0.391. The topological polar surface area (TPSA) is 84.0 Å². The van der Waals surface area contributed by atoms with E-state index in [1.807, 2.05) is 37.6 Å². The number of likely N-dealkylation sites (tertiary alicyclic amines) is 1. The number of nitrogens with zero attached hydrogens (tertiary/aromatic N) is 5. The molecule has 3 aromatic rings. The molecule has 1 aliphatic rings. The van der Waals surface area contributed by atoms with Crippen molar-refractivity contribution in [1.82, 2.24) is 19.7 Å². The number of carbonyl (C=O) groups is 1. The summed E-state index contributed by atoms with van der Waals surface area (Å²) in [5.74, 6) is 0.282. The van der Waals surface area contributed by atoms with Crippen molar-refractivity contribution in [3.63, 3.8) is 0 Å². The van der Waals surface area contributed by atoms with Crippen molar-refractivity contribution in [2.24, 2.45) is 5.92 Å². The molecule has 0 radical (unpaired) electrons. The Morgan fingerprint density at radius 3 is 2.71 bits per heavy atom. The van der Waals surface area contributed by atoms with Gasteiger partial charge in [0.1, 0.15) is 10.8 Å². The molecule has 0 N–H and O–H groups in total. The molecule has 1 aromatic carbocycles. The van der Waals surface area contributed by atoms with Gasteiger partial charge in [-0.2, -0.15) is 10.4 Å². The lowest BCUT2D eigenvalue weighted by Crippen LogP contribution is -2.35. The lowest BCUT2D eigenvalue weighted by Gasteiger charge is -2.24. The molecule has 3 heterocycles. The lowest BCUT2D eigenvalue weighted by molar-refractivity contribution is 0.0287. The largest absolute Gasteiger partial charge is 0.444 e. The number of hydrogen-bond acceptors (Lipinski definition) is 5. The number of fused-ring (bicyclic) bond motifs is 1. The van der Waals surface area contributed by atoms with Crippen LogP contribution in [0.4, 0.5) is 4.79 Å². The number of nitriles is 1. The van der Waals surface area contributed by atoms with Crippen LogP contribution in [-0.4, -0.2) is 44.4 Å². The first-order chi connectivity index (χ1) is 14.7. The minimum absolute atomic E-state index is 0.267. The van der Waals surface area contributed by atoms with E-state index in [1.54, 1.807) is 29.4 Å². The highest BCUT2D eigenvalue weighted by Gasteiger charge is 2.30. The minimum atomic E-state index is -0.500. The molecule has 1 atom stereocenters. The van der Waals surface area contributed by atoms with Crippen LogP contribution >= 0.6 is 11.6 Å². The van der Waals surface area contributed by atoms with Gasteiger partial charge in [0, 0.05) is 30.6 Å². The summed E-state index contributed by atoms with van der Waals surface area (Å²) >= 11 is 6.43. The average Bonchev–Trinajstić information content (AvgIpc) is 3.35. The van der Waals surface area contributed by atoms with Crippen molar-refractivity contribution < 1.29 is 9.53 Å². The van der Waals surface area contributed by atoms with Crippen molar-refractivity contribution >= 4 is 28.6 Å². The molecule has 0 bridgehead atoms. The number of halogens is 1. The molecule has 0 spiro atoms. The van der Waals surface area contributed by atoms with Crippen molar-refractivity contribution in [2.45, 2.75) is 39.3 Å². The van der Waals surface area contributed by atoms with Gasteiger partial charge in [-0.1, -0.05) is 23.7 Å². The highest BCUT2D eigenvalue weighted by atomic mass is 35.5. The van der Waals surface area contributed by atoms with Gasteiger partial charge in [-0.15, -0.1) is 0 Å². The van der Waals surface area contributed by atoms with Gasteiger partial charge in [-0.05, 0) is 50.8 Å². The predicted molar refractivity (Wildman–Crippen MR) is 119 cm³/mol. The van der Waals surface area contributed by atoms with Gasteiger partial charge in [0.05, 0.1) is 29.5 Å². The van der Waals surface area contributed by atoms with Gasteiger partial charge in [-0.3, -0.25) is 4.68 Å². The molecule has 7 nitrogen and oxygen atoms in total. The van der Waals surface area contributed by atoms with E-state index in [4.69, 9.17) is 21.6 Å². The second kappa shape index (κ2) is 8.20. The molecule has 1 amide bonds. The normalized spacial score (nSPS) is 16.5. The summed E-state index contributed by atoms with van der Waals surface area (Å²) in [5.41, 5.74) is 2.67. The molecule has 1 saturated heterocycles. The van der Waals surface area contributed by atoms with E-state index in [0.29, 0.717) is 30.4 Å². The third-order valence-corrected chi connectivity index (χ3v) is 5.61. The van der Waals surface area contributed by atoms with Crippen LogP contribution in [0.15, 0.2) is 36.7 Å². The van der Waals surface area contributed by atoms with E-state index in [0.717, 1.165) is 28.5 Å². The number of pyridine rings is 1. The summed E-state index contributed by atoms with van der Waals surface area (Å²) in [5, 5.41) is 14.9. The Hall–Kier alpha value is -3.11. The van der Waals surface area contributed by atoms with Crippen LogP contribution in [0.5, 0.6) is 0 Å². The summed E-state index contributed by atoms with van der Waals surface area (Å²) in [6.07, 6.45) is 4.16. The fourth-order valence-electron chi connectivity index (χ4n) is 3.87. The van der Waals surface area contributed by atoms with E-state index in [2.05, 4.69) is 16.2 Å². The van der Waals surface area contributed by atoms with E-state index in [9.17, 15) is 4.79 Å². The van der Waals surface area contributed by atoms with Gasteiger partial charge in [-0.25, -0.2) is 9.78 Å². The van der Waals surface area contributed by atoms with E-state index < -0.39 is 5.60 Å². The van der Waals surface area contributed by atoms with Crippen LogP contribution in [0.1, 0.15) is 32.8 Å². The predicted octanol–water partition coefficient (Wildman–Crippen LogP) is 4.88. The Kier molecular flexibility index (Phi) is 5.59. The minimum Gasteiger partial charge on any atom is -0.444 e.